The van der Waals surface area contributed by atoms with Crippen LogP contribution in [0.5, 0.6) is 0 Å². The molecule has 64 heavy (non-hydrogen) atoms. The van der Waals surface area contributed by atoms with Crippen LogP contribution >= 0.6 is 11.6 Å². The van der Waals surface area contributed by atoms with Gasteiger partial charge in [-0.2, -0.15) is 13.2 Å². The number of likely N-dealkylation sites (tertiary alicyclic amines) is 1. The number of carbonyl (C=O) groups is 7. The molecule has 4 rings (SSSR count). The van der Waals surface area contributed by atoms with Crippen molar-refractivity contribution in [1.82, 2.24) is 35.6 Å². The van der Waals surface area contributed by atoms with E-state index in [0.717, 1.165) is 21.9 Å². The number of rotatable bonds is 11. The van der Waals surface area contributed by atoms with Crippen LogP contribution in [0.2, 0.25) is 5.02 Å². The lowest BCUT2D eigenvalue weighted by Crippen LogP contribution is -2.61. The summed E-state index contributed by atoms with van der Waals surface area (Å²) >= 11 is 6.42. The van der Waals surface area contributed by atoms with Gasteiger partial charge in [0, 0.05) is 45.2 Å². The second-order valence-electron chi connectivity index (χ2n) is 18.0. The van der Waals surface area contributed by atoms with Crippen molar-refractivity contribution in [2.24, 2.45) is 11.3 Å². The van der Waals surface area contributed by atoms with Crippen molar-refractivity contribution in [3.8, 4) is 0 Å². The number of hydrogen-bond acceptors (Lipinski definition) is 7. The standard InChI is InChI=1S/C45H66ClF4N7O7/c1-8-32-41(62)54(6)22-14-11-16-34(38(59)53-33(24-27(3)4)42(63)55(7)36(39(60)52-32)26-29-25-30(47)18-19-31(29)46)56(9-2)40(61)28(5)51-37(58)35-17-15-23-57(35)43(64)44(45(48,49)50)20-12-10-13-21-44/h18-19,25,27-28,32-36H,8-17,20-24,26H2,1-7H3,(H,51,58)(H,52,60)(H,53,59)/t28-,32+,33-,34-,35-,36-/m0/s1. The van der Waals surface area contributed by atoms with E-state index in [9.17, 15) is 51.1 Å². The quantitative estimate of drug-likeness (QED) is 0.259. The van der Waals surface area contributed by atoms with Crippen LogP contribution in [0.1, 0.15) is 117 Å². The zero-order valence-electron chi connectivity index (χ0n) is 38.1. The van der Waals surface area contributed by atoms with Gasteiger partial charge < -0.3 is 35.6 Å². The van der Waals surface area contributed by atoms with Gasteiger partial charge in [-0.1, -0.05) is 51.6 Å². The third kappa shape index (κ3) is 12.2. The van der Waals surface area contributed by atoms with Crippen LogP contribution < -0.4 is 16.0 Å². The van der Waals surface area contributed by atoms with Gasteiger partial charge in [0.25, 0.3) is 0 Å². The van der Waals surface area contributed by atoms with E-state index < -0.39 is 95.0 Å². The molecule has 14 nitrogen and oxygen atoms in total. The molecular weight excluding hydrogens is 862 g/mol. The van der Waals surface area contributed by atoms with Crippen LogP contribution in [0.25, 0.3) is 0 Å². The van der Waals surface area contributed by atoms with Crippen LogP contribution in [0.15, 0.2) is 18.2 Å². The Bertz CT molecular complexity index is 1860. The molecule has 19 heteroatoms. The lowest BCUT2D eigenvalue weighted by atomic mass is 9.72. The number of amides is 7. The maximum absolute atomic E-state index is 14.5. The molecule has 1 saturated carbocycles. The smallest absolute Gasteiger partial charge is 0.344 e. The molecule has 358 valence electrons. The first-order valence-electron chi connectivity index (χ1n) is 22.6. The van der Waals surface area contributed by atoms with Gasteiger partial charge in [-0.15, -0.1) is 0 Å². The molecule has 2 saturated heterocycles. The molecule has 0 aromatic heterocycles. The predicted molar refractivity (Wildman–Crippen MR) is 232 cm³/mol. The Labute approximate surface area is 378 Å². The minimum absolute atomic E-state index is 0.0187. The Morgan fingerprint density at radius 2 is 1.55 bits per heavy atom. The number of nitrogens with zero attached hydrogens (tertiary/aromatic N) is 4. The second kappa shape index (κ2) is 22.6. The van der Waals surface area contributed by atoms with E-state index in [1.54, 1.807) is 20.9 Å². The van der Waals surface area contributed by atoms with Crippen molar-refractivity contribution in [2.45, 2.75) is 161 Å². The van der Waals surface area contributed by atoms with E-state index >= 15 is 0 Å². The molecule has 1 aromatic carbocycles. The highest BCUT2D eigenvalue weighted by molar-refractivity contribution is 6.31. The molecule has 0 radical (unpaired) electrons. The summed E-state index contributed by atoms with van der Waals surface area (Å²) in [5.41, 5.74) is -2.34. The molecule has 2 heterocycles. The van der Waals surface area contributed by atoms with Crippen LogP contribution in [-0.4, -0.2) is 137 Å². The molecule has 2 aliphatic heterocycles. The van der Waals surface area contributed by atoms with Gasteiger partial charge in [-0.3, -0.25) is 33.6 Å². The van der Waals surface area contributed by atoms with Gasteiger partial charge in [-0.05, 0) is 101 Å². The van der Waals surface area contributed by atoms with Gasteiger partial charge in [-0.25, -0.2) is 4.39 Å². The fraction of sp³-hybridized carbons (Fsp3) is 0.711. The molecule has 0 unspecified atom stereocenters. The topological polar surface area (TPSA) is 169 Å². The molecular formula is C45H66ClF4N7O7. The van der Waals surface area contributed by atoms with Crippen molar-refractivity contribution >= 4 is 53.0 Å². The van der Waals surface area contributed by atoms with Gasteiger partial charge in [0.1, 0.15) is 47.5 Å². The predicted octanol–water partition coefficient (Wildman–Crippen LogP) is 5.14. The van der Waals surface area contributed by atoms with E-state index in [2.05, 4.69) is 16.0 Å². The highest BCUT2D eigenvalue weighted by Gasteiger charge is 2.62. The second-order valence-corrected chi connectivity index (χ2v) is 18.4. The van der Waals surface area contributed by atoms with E-state index in [0.29, 0.717) is 25.7 Å². The summed E-state index contributed by atoms with van der Waals surface area (Å²) in [5, 5.41) is 8.39. The Kier molecular flexibility index (Phi) is 18.4. The third-order valence-electron chi connectivity index (χ3n) is 13.0. The van der Waals surface area contributed by atoms with Crippen molar-refractivity contribution in [3.63, 3.8) is 0 Å². The molecule has 3 fully saturated rings. The summed E-state index contributed by atoms with van der Waals surface area (Å²) in [7, 11) is 2.95. The minimum Gasteiger partial charge on any atom is -0.344 e. The summed E-state index contributed by atoms with van der Waals surface area (Å²) in [6.07, 6.45) is -3.10. The van der Waals surface area contributed by atoms with E-state index in [-0.39, 0.29) is 93.9 Å². The van der Waals surface area contributed by atoms with Crippen molar-refractivity contribution in [2.75, 3.05) is 33.7 Å². The van der Waals surface area contributed by atoms with Gasteiger partial charge in [0.2, 0.25) is 41.4 Å². The maximum Gasteiger partial charge on any atom is 0.403 e. The van der Waals surface area contributed by atoms with E-state index in [1.165, 1.54) is 29.8 Å². The zero-order valence-corrected chi connectivity index (χ0v) is 38.9. The van der Waals surface area contributed by atoms with Gasteiger partial charge in [0.15, 0.2) is 0 Å². The molecule has 3 aliphatic rings. The Balaban J connectivity index is 1.64. The summed E-state index contributed by atoms with van der Waals surface area (Å²) in [5.74, 6) is -5.77. The largest absolute Gasteiger partial charge is 0.403 e. The number of benzene rings is 1. The average molecular weight is 929 g/mol. The lowest BCUT2D eigenvalue weighted by molar-refractivity contribution is -0.236. The van der Waals surface area contributed by atoms with Crippen molar-refractivity contribution in [1.29, 1.82) is 0 Å². The molecule has 7 amide bonds. The monoisotopic (exact) mass is 927 g/mol. The zero-order chi connectivity index (χ0) is 47.7. The minimum atomic E-state index is -4.80. The van der Waals surface area contributed by atoms with E-state index in [1.807, 2.05) is 13.8 Å². The summed E-state index contributed by atoms with van der Waals surface area (Å²) in [6, 6.07) is -3.51. The fourth-order valence-electron chi connectivity index (χ4n) is 9.25. The van der Waals surface area contributed by atoms with Crippen molar-refractivity contribution < 1.29 is 51.1 Å². The van der Waals surface area contributed by atoms with Crippen molar-refractivity contribution in [3.05, 3.63) is 34.6 Å². The molecule has 6 atom stereocenters. The highest BCUT2D eigenvalue weighted by atomic mass is 35.5. The Morgan fingerprint density at radius 3 is 2.16 bits per heavy atom. The average Bonchev–Trinajstić information content (AvgIpc) is 3.75. The fourth-order valence-corrected chi connectivity index (χ4v) is 9.45. The van der Waals surface area contributed by atoms with Gasteiger partial charge in [0.05, 0.1) is 0 Å². The lowest BCUT2D eigenvalue weighted by Gasteiger charge is -2.41. The molecule has 0 spiro atoms. The maximum atomic E-state index is 14.5. The Hall–Kier alpha value is -4.48. The number of carbonyl (C=O) groups excluding carboxylic acids is 7. The number of hydrogen-bond donors (Lipinski definition) is 3. The first-order chi connectivity index (χ1) is 30.1. The highest BCUT2D eigenvalue weighted by Crippen LogP contribution is 2.51. The van der Waals surface area contributed by atoms with Crippen LogP contribution in [0.3, 0.4) is 0 Å². The SMILES string of the molecule is CC[C@H]1NC(=O)[C@H](Cc2cc(F)ccc2Cl)N(C)C(=O)[C@H](CC(C)C)NC(=O)[C@@H](N(CC)C(=O)[C@H](C)NC(=O)[C@@H]2CCCN2C(=O)C2(C(F)(F)F)CCCCC2)CCCCN(C)C1=O. The van der Waals surface area contributed by atoms with Crippen LogP contribution in [0, 0.1) is 17.2 Å². The number of alkyl halides is 3. The number of likely N-dealkylation sites (N-methyl/N-ethyl adjacent to an activating group) is 3. The summed E-state index contributed by atoms with van der Waals surface area (Å²) < 4.78 is 58.0. The third-order valence-corrected chi connectivity index (χ3v) is 13.4. The Morgan fingerprint density at radius 1 is 0.891 bits per heavy atom. The number of nitrogens with one attached hydrogen (secondary N) is 3. The molecule has 3 N–H and O–H groups in total. The van der Waals surface area contributed by atoms with Crippen LogP contribution in [0.4, 0.5) is 17.6 Å². The first kappa shape index (κ1) is 52.1. The summed E-state index contributed by atoms with van der Waals surface area (Å²) in [6.45, 7) is 8.62. The van der Waals surface area contributed by atoms with Crippen LogP contribution in [-0.2, 0) is 40.0 Å². The van der Waals surface area contributed by atoms with Gasteiger partial charge >= 0.3 is 6.18 Å². The summed E-state index contributed by atoms with van der Waals surface area (Å²) in [4.78, 5) is 103. The first-order valence-corrected chi connectivity index (χ1v) is 23.0. The number of halogens is 5. The molecule has 1 aliphatic carbocycles. The van der Waals surface area contributed by atoms with E-state index in [4.69, 9.17) is 11.6 Å². The molecule has 0 bridgehead atoms. The normalized spacial score (nSPS) is 24.9. The molecule has 1 aromatic rings.